The number of hydrogen-bond donors (Lipinski definition) is 0. The molecule has 0 bridgehead atoms. The van der Waals surface area contributed by atoms with Gasteiger partial charge in [0.25, 0.3) is 0 Å². The van der Waals surface area contributed by atoms with E-state index in [4.69, 9.17) is 9.47 Å². The monoisotopic (exact) mass is 324 g/mol. The first-order chi connectivity index (χ1) is 11.1. The normalized spacial score (nSPS) is 21.7. The molecule has 23 heavy (non-hydrogen) atoms. The first-order valence-corrected chi connectivity index (χ1v) is 8.26. The van der Waals surface area contributed by atoms with Crippen molar-refractivity contribution in [1.29, 1.82) is 0 Å². The number of morpholine rings is 1. The molecule has 128 valence electrons. The average Bonchev–Trinajstić information content (AvgIpc) is 3.28. The summed E-state index contributed by atoms with van der Waals surface area (Å²) in [5.74, 6) is 1.31. The summed E-state index contributed by atoms with van der Waals surface area (Å²) in [6.45, 7) is 7.33. The maximum Gasteiger partial charge on any atom is 0.333 e. The van der Waals surface area contributed by atoms with Gasteiger partial charge in [0.2, 0.25) is 5.82 Å². The third-order valence-electron chi connectivity index (χ3n) is 4.34. The fourth-order valence-corrected chi connectivity index (χ4v) is 2.97. The number of nitrogens with zero attached hydrogens (tertiary/aromatic N) is 4. The molecule has 2 aliphatic rings. The van der Waals surface area contributed by atoms with Crippen LogP contribution in [0.4, 0.5) is 11.5 Å². The Morgan fingerprint density at radius 1 is 1.43 bits per heavy atom. The standard InChI is InChI=1S/C15H24N4O4/c1-3-18-15(14(19(20)21)11(2)16-18)17-6-7-23-13(8-17)10-22-9-12-4-5-12/h12-13H,3-10H2,1-2H3. The van der Waals surface area contributed by atoms with Gasteiger partial charge in [0.15, 0.2) is 0 Å². The van der Waals surface area contributed by atoms with Gasteiger partial charge in [-0.15, -0.1) is 0 Å². The first-order valence-electron chi connectivity index (χ1n) is 8.26. The van der Waals surface area contributed by atoms with Gasteiger partial charge in [-0.2, -0.15) is 5.10 Å². The number of nitro groups is 1. The summed E-state index contributed by atoms with van der Waals surface area (Å²) in [7, 11) is 0. The quantitative estimate of drug-likeness (QED) is 0.561. The highest BCUT2D eigenvalue weighted by Crippen LogP contribution is 2.33. The van der Waals surface area contributed by atoms with E-state index in [-0.39, 0.29) is 16.7 Å². The average molecular weight is 324 g/mol. The van der Waals surface area contributed by atoms with Crippen LogP contribution in [0.5, 0.6) is 0 Å². The first kappa shape index (κ1) is 16.2. The van der Waals surface area contributed by atoms with Crippen molar-refractivity contribution in [2.24, 2.45) is 5.92 Å². The van der Waals surface area contributed by atoms with Crippen LogP contribution >= 0.6 is 0 Å². The van der Waals surface area contributed by atoms with Crippen molar-refractivity contribution < 1.29 is 14.4 Å². The number of ether oxygens (including phenoxy) is 2. The smallest absolute Gasteiger partial charge is 0.333 e. The number of anilines is 1. The van der Waals surface area contributed by atoms with Gasteiger partial charge in [-0.3, -0.25) is 10.1 Å². The van der Waals surface area contributed by atoms with Crippen LogP contribution in [0.2, 0.25) is 0 Å². The molecule has 1 atom stereocenters. The molecule has 2 heterocycles. The lowest BCUT2D eigenvalue weighted by Gasteiger charge is -2.33. The Morgan fingerprint density at radius 3 is 2.87 bits per heavy atom. The summed E-state index contributed by atoms with van der Waals surface area (Å²) in [5.41, 5.74) is 0.561. The van der Waals surface area contributed by atoms with Crippen LogP contribution in [0.1, 0.15) is 25.5 Å². The minimum Gasteiger partial charge on any atom is -0.378 e. The summed E-state index contributed by atoms with van der Waals surface area (Å²) < 4.78 is 13.2. The van der Waals surface area contributed by atoms with E-state index >= 15 is 0 Å². The van der Waals surface area contributed by atoms with Crippen LogP contribution in [0, 0.1) is 23.0 Å². The summed E-state index contributed by atoms with van der Waals surface area (Å²) in [6.07, 6.45) is 2.47. The number of hydrogen-bond acceptors (Lipinski definition) is 6. The lowest BCUT2D eigenvalue weighted by Crippen LogP contribution is -2.45. The topological polar surface area (TPSA) is 82.7 Å². The maximum atomic E-state index is 11.4. The summed E-state index contributed by atoms with van der Waals surface area (Å²) in [4.78, 5) is 13.1. The van der Waals surface area contributed by atoms with E-state index in [1.165, 1.54) is 12.8 Å². The lowest BCUT2D eigenvalue weighted by atomic mass is 10.2. The second-order valence-electron chi connectivity index (χ2n) is 6.25. The molecule has 0 aromatic carbocycles. The molecule has 1 saturated carbocycles. The molecular formula is C15H24N4O4. The van der Waals surface area contributed by atoms with E-state index in [0.717, 1.165) is 12.5 Å². The molecule has 2 fully saturated rings. The van der Waals surface area contributed by atoms with Gasteiger partial charge in [0.1, 0.15) is 5.69 Å². The second-order valence-corrected chi connectivity index (χ2v) is 6.25. The molecule has 1 saturated heterocycles. The molecule has 0 N–H and O–H groups in total. The van der Waals surface area contributed by atoms with Gasteiger partial charge in [-0.05, 0) is 32.6 Å². The minimum absolute atomic E-state index is 0.0531. The highest BCUT2D eigenvalue weighted by atomic mass is 16.6. The van der Waals surface area contributed by atoms with E-state index < -0.39 is 0 Å². The fraction of sp³-hybridized carbons (Fsp3) is 0.800. The highest BCUT2D eigenvalue weighted by molar-refractivity contribution is 5.61. The van der Waals surface area contributed by atoms with Crippen molar-refractivity contribution in [2.45, 2.75) is 39.3 Å². The van der Waals surface area contributed by atoms with Crippen LogP contribution in [0.3, 0.4) is 0 Å². The van der Waals surface area contributed by atoms with E-state index in [1.54, 1.807) is 11.6 Å². The lowest BCUT2D eigenvalue weighted by molar-refractivity contribution is -0.384. The molecular weight excluding hydrogens is 300 g/mol. The largest absolute Gasteiger partial charge is 0.378 e. The minimum atomic E-state index is -0.335. The van der Waals surface area contributed by atoms with Crippen molar-refractivity contribution >= 4 is 11.5 Å². The van der Waals surface area contributed by atoms with Gasteiger partial charge >= 0.3 is 5.69 Å². The Morgan fingerprint density at radius 2 is 2.22 bits per heavy atom. The molecule has 0 amide bonds. The maximum absolute atomic E-state index is 11.4. The predicted octanol–water partition coefficient (Wildman–Crippen LogP) is 1.75. The van der Waals surface area contributed by atoms with Crippen molar-refractivity contribution in [3.8, 4) is 0 Å². The number of rotatable bonds is 7. The van der Waals surface area contributed by atoms with E-state index in [9.17, 15) is 10.1 Å². The molecule has 1 aliphatic heterocycles. The zero-order chi connectivity index (χ0) is 16.4. The second kappa shape index (κ2) is 6.84. The van der Waals surface area contributed by atoms with Gasteiger partial charge in [0.05, 0.1) is 24.2 Å². The Balaban J connectivity index is 1.70. The van der Waals surface area contributed by atoms with Gasteiger partial charge in [-0.25, -0.2) is 4.68 Å². The number of aromatic nitrogens is 2. The van der Waals surface area contributed by atoms with Gasteiger partial charge < -0.3 is 14.4 Å². The van der Waals surface area contributed by atoms with Crippen molar-refractivity contribution in [3.63, 3.8) is 0 Å². The Hall–Kier alpha value is -1.67. The number of aryl methyl sites for hydroxylation is 2. The van der Waals surface area contributed by atoms with Gasteiger partial charge in [0, 0.05) is 26.2 Å². The molecule has 0 spiro atoms. The third-order valence-corrected chi connectivity index (χ3v) is 4.34. The predicted molar refractivity (Wildman–Crippen MR) is 84.8 cm³/mol. The molecule has 0 radical (unpaired) electrons. The third kappa shape index (κ3) is 3.64. The zero-order valence-electron chi connectivity index (χ0n) is 13.7. The van der Waals surface area contributed by atoms with E-state index in [1.807, 2.05) is 11.8 Å². The van der Waals surface area contributed by atoms with Crippen LogP contribution in [-0.2, 0) is 16.0 Å². The van der Waals surface area contributed by atoms with Crippen molar-refractivity contribution in [1.82, 2.24) is 9.78 Å². The molecule has 1 aromatic rings. The van der Waals surface area contributed by atoms with Crippen LogP contribution in [-0.4, -0.2) is 53.7 Å². The molecule has 1 unspecified atom stereocenters. The van der Waals surface area contributed by atoms with Crippen molar-refractivity contribution in [3.05, 3.63) is 15.8 Å². The Kier molecular flexibility index (Phi) is 4.82. The highest BCUT2D eigenvalue weighted by Gasteiger charge is 2.32. The SMILES string of the molecule is CCn1nc(C)c([N+](=O)[O-])c1N1CCOC(COCC2CC2)C1. The van der Waals surface area contributed by atoms with E-state index in [2.05, 4.69) is 5.10 Å². The summed E-state index contributed by atoms with van der Waals surface area (Å²) in [6, 6.07) is 0. The van der Waals surface area contributed by atoms with Gasteiger partial charge in [-0.1, -0.05) is 0 Å². The van der Waals surface area contributed by atoms with E-state index in [0.29, 0.717) is 44.4 Å². The molecule has 1 aromatic heterocycles. The Labute approximate surface area is 135 Å². The summed E-state index contributed by atoms with van der Waals surface area (Å²) in [5, 5.41) is 15.7. The van der Waals surface area contributed by atoms with Crippen LogP contribution in [0.25, 0.3) is 0 Å². The van der Waals surface area contributed by atoms with Crippen molar-refractivity contribution in [2.75, 3.05) is 37.8 Å². The molecule has 8 heteroatoms. The van der Waals surface area contributed by atoms with Crippen LogP contribution < -0.4 is 4.90 Å². The fourth-order valence-electron chi connectivity index (χ4n) is 2.97. The van der Waals surface area contributed by atoms with Crippen LogP contribution in [0.15, 0.2) is 0 Å². The summed E-state index contributed by atoms with van der Waals surface area (Å²) >= 11 is 0. The molecule has 3 rings (SSSR count). The molecule has 8 nitrogen and oxygen atoms in total. The molecule has 1 aliphatic carbocycles. The Bertz CT molecular complexity index is 570. The zero-order valence-corrected chi connectivity index (χ0v) is 13.7.